The minimum absolute atomic E-state index is 0.329. The van der Waals surface area contributed by atoms with E-state index in [-0.39, 0.29) is 0 Å². The molecule has 0 saturated carbocycles. The van der Waals surface area contributed by atoms with Crippen LogP contribution in [-0.2, 0) is 0 Å². The second-order valence-corrected chi connectivity index (χ2v) is 5.22. The quantitative estimate of drug-likeness (QED) is 0.807. The normalized spacial score (nSPS) is 10.5. The van der Waals surface area contributed by atoms with Crippen LogP contribution in [0.5, 0.6) is 0 Å². The first-order chi connectivity index (χ1) is 8.51. The lowest BCUT2D eigenvalue weighted by atomic mass is 10.2. The van der Waals surface area contributed by atoms with Crippen LogP contribution in [0.4, 0.5) is 10.2 Å². The lowest BCUT2D eigenvalue weighted by Crippen LogP contribution is -2.02. The van der Waals surface area contributed by atoms with Crippen LogP contribution in [0.25, 0.3) is 11.4 Å². The molecule has 1 aromatic heterocycles. The second-order valence-electron chi connectivity index (χ2n) is 3.70. The van der Waals surface area contributed by atoms with Crippen molar-refractivity contribution in [3.63, 3.8) is 0 Å². The van der Waals surface area contributed by atoms with Crippen molar-refractivity contribution in [3.8, 4) is 11.4 Å². The van der Waals surface area contributed by atoms with Crippen molar-refractivity contribution in [1.29, 1.82) is 0 Å². The molecular weight excluding hydrogens is 368 g/mol. The number of nitrogens with zero attached hydrogens (tertiary/aromatic N) is 2. The molecule has 1 aromatic carbocycles. The molecule has 18 heavy (non-hydrogen) atoms. The van der Waals surface area contributed by atoms with Crippen molar-refractivity contribution in [2.75, 3.05) is 12.4 Å². The van der Waals surface area contributed by atoms with Crippen molar-refractivity contribution in [2.24, 2.45) is 0 Å². The average Bonchev–Trinajstić information content (AvgIpc) is 2.31. The fraction of sp³-hybridized carbons (Fsp3) is 0.167. The van der Waals surface area contributed by atoms with Crippen LogP contribution in [0.15, 0.2) is 18.2 Å². The van der Waals surface area contributed by atoms with E-state index < -0.39 is 5.82 Å². The smallest absolute Gasteiger partial charge is 0.161 e. The number of rotatable bonds is 2. The number of anilines is 1. The number of halogens is 3. The minimum Gasteiger partial charge on any atom is -0.372 e. The third kappa shape index (κ3) is 2.72. The first kappa shape index (κ1) is 13.5. The number of aromatic nitrogens is 2. The van der Waals surface area contributed by atoms with Gasteiger partial charge in [0.1, 0.15) is 11.6 Å². The Bertz CT molecular complexity index is 584. The Morgan fingerprint density at radius 1 is 1.28 bits per heavy atom. The molecule has 0 spiro atoms. The summed E-state index contributed by atoms with van der Waals surface area (Å²) in [5, 5.41) is 3.32. The van der Waals surface area contributed by atoms with Gasteiger partial charge in [0, 0.05) is 17.6 Å². The molecule has 0 fully saturated rings. The molecule has 0 saturated heterocycles. The molecule has 0 atom stereocenters. The van der Waals surface area contributed by atoms with Gasteiger partial charge in [0.25, 0.3) is 0 Å². The van der Waals surface area contributed by atoms with Crippen LogP contribution in [0.2, 0.25) is 5.02 Å². The Morgan fingerprint density at radius 2 is 2.00 bits per heavy atom. The maximum absolute atomic E-state index is 13.3. The summed E-state index contributed by atoms with van der Waals surface area (Å²) >= 11 is 8.00. The van der Waals surface area contributed by atoms with Crippen molar-refractivity contribution < 1.29 is 4.39 Å². The molecule has 0 bridgehead atoms. The van der Waals surface area contributed by atoms with Gasteiger partial charge < -0.3 is 5.32 Å². The topological polar surface area (TPSA) is 37.8 Å². The summed E-state index contributed by atoms with van der Waals surface area (Å²) in [7, 11) is 1.78. The third-order valence-electron chi connectivity index (χ3n) is 2.37. The van der Waals surface area contributed by atoms with E-state index in [2.05, 4.69) is 37.9 Å². The van der Waals surface area contributed by atoms with E-state index >= 15 is 0 Å². The highest BCUT2D eigenvalue weighted by molar-refractivity contribution is 14.1. The number of hydrogen-bond acceptors (Lipinski definition) is 3. The van der Waals surface area contributed by atoms with Crippen molar-refractivity contribution in [1.82, 2.24) is 9.97 Å². The Kier molecular flexibility index (Phi) is 4.01. The highest BCUT2D eigenvalue weighted by atomic mass is 127. The lowest BCUT2D eigenvalue weighted by molar-refractivity contribution is 0.628. The van der Waals surface area contributed by atoms with Gasteiger partial charge in [-0.25, -0.2) is 14.4 Å². The van der Waals surface area contributed by atoms with E-state index in [1.54, 1.807) is 13.1 Å². The van der Waals surface area contributed by atoms with Gasteiger partial charge in [0.05, 0.1) is 9.26 Å². The number of benzene rings is 1. The molecule has 0 aliphatic heterocycles. The molecule has 3 nitrogen and oxygen atoms in total. The maximum atomic E-state index is 13.3. The summed E-state index contributed by atoms with van der Waals surface area (Å²) in [4.78, 5) is 8.70. The summed E-state index contributed by atoms with van der Waals surface area (Å²) in [5.74, 6) is 0.778. The second kappa shape index (κ2) is 5.36. The zero-order chi connectivity index (χ0) is 13.3. The first-order valence-corrected chi connectivity index (χ1v) is 6.65. The fourth-order valence-electron chi connectivity index (χ4n) is 1.54. The Labute approximate surface area is 123 Å². The average molecular weight is 378 g/mol. The zero-order valence-electron chi connectivity index (χ0n) is 9.76. The largest absolute Gasteiger partial charge is 0.372 e. The fourth-order valence-corrected chi connectivity index (χ4v) is 2.27. The summed E-state index contributed by atoms with van der Waals surface area (Å²) < 4.78 is 14.3. The van der Waals surface area contributed by atoms with Gasteiger partial charge >= 0.3 is 0 Å². The Balaban J connectivity index is 2.60. The Morgan fingerprint density at radius 3 is 2.61 bits per heavy atom. The summed E-state index contributed by atoms with van der Waals surface area (Å²) in [6.07, 6.45) is 0. The summed E-state index contributed by atoms with van der Waals surface area (Å²) in [6.45, 7) is 1.88. The van der Waals surface area contributed by atoms with E-state index in [0.717, 1.165) is 15.1 Å². The van der Waals surface area contributed by atoms with Gasteiger partial charge in [-0.05, 0) is 47.7 Å². The molecule has 0 radical (unpaired) electrons. The van der Waals surface area contributed by atoms with Gasteiger partial charge in [-0.1, -0.05) is 11.6 Å². The van der Waals surface area contributed by atoms with Crippen LogP contribution < -0.4 is 5.32 Å². The molecule has 6 heteroatoms. The molecule has 0 aliphatic rings. The van der Waals surface area contributed by atoms with Crippen molar-refractivity contribution >= 4 is 40.0 Å². The summed E-state index contributed by atoms with van der Waals surface area (Å²) in [6, 6.07) is 4.27. The van der Waals surface area contributed by atoms with E-state index in [1.807, 2.05) is 6.92 Å². The highest BCUT2D eigenvalue weighted by Crippen LogP contribution is 2.25. The summed E-state index contributed by atoms with van der Waals surface area (Å²) in [5.41, 5.74) is 1.40. The van der Waals surface area contributed by atoms with Crippen molar-refractivity contribution in [2.45, 2.75) is 6.92 Å². The number of nitrogens with one attached hydrogen (secondary N) is 1. The van der Waals surface area contributed by atoms with Gasteiger partial charge in [-0.3, -0.25) is 0 Å². The molecule has 1 N–H and O–H groups in total. The number of aryl methyl sites for hydroxylation is 1. The SMILES string of the molecule is CNc1nc(-c2cc(F)cc(Cl)c2)nc(C)c1I. The maximum Gasteiger partial charge on any atom is 0.161 e. The minimum atomic E-state index is -0.400. The molecule has 0 unspecified atom stereocenters. The predicted molar refractivity (Wildman–Crippen MR) is 79.4 cm³/mol. The van der Waals surface area contributed by atoms with Gasteiger partial charge in [0.2, 0.25) is 0 Å². The Hall–Kier alpha value is -0.950. The van der Waals surface area contributed by atoms with Crippen LogP contribution in [-0.4, -0.2) is 17.0 Å². The van der Waals surface area contributed by atoms with Gasteiger partial charge in [0.15, 0.2) is 5.82 Å². The molecule has 0 aliphatic carbocycles. The van der Waals surface area contributed by atoms with E-state index in [9.17, 15) is 4.39 Å². The standard InChI is InChI=1S/C12H10ClFIN3/c1-6-10(15)12(16-2)18-11(17-6)7-3-8(13)5-9(14)4-7/h3-5H,1-2H3,(H,16,17,18). The molecule has 1 heterocycles. The molecule has 94 valence electrons. The van der Waals surface area contributed by atoms with Crippen LogP contribution in [0, 0.1) is 16.3 Å². The van der Waals surface area contributed by atoms with Crippen LogP contribution in [0.3, 0.4) is 0 Å². The highest BCUT2D eigenvalue weighted by Gasteiger charge is 2.11. The number of hydrogen-bond donors (Lipinski definition) is 1. The van der Waals surface area contributed by atoms with E-state index in [0.29, 0.717) is 16.4 Å². The van der Waals surface area contributed by atoms with Gasteiger partial charge in [-0.15, -0.1) is 0 Å². The lowest BCUT2D eigenvalue weighted by Gasteiger charge is -2.09. The zero-order valence-corrected chi connectivity index (χ0v) is 12.7. The monoisotopic (exact) mass is 377 g/mol. The predicted octanol–water partition coefficient (Wildman–Crippen LogP) is 3.89. The molecule has 2 aromatic rings. The van der Waals surface area contributed by atoms with E-state index in [4.69, 9.17) is 11.6 Å². The first-order valence-electron chi connectivity index (χ1n) is 5.19. The molecule has 0 amide bonds. The molecular formula is C12H10ClFIN3. The van der Waals surface area contributed by atoms with Gasteiger partial charge in [-0.2, -0.15) is 0 Å². The molecule has 2 rings (SSSR count). The van der Waals surface area contributed by atoms with E-state index in [1.165, 1.54) is 12.1 Å². The third-order valence-corrected chi connectivity index (χ3v) is 3.88. The van der Waals surface area contributed by atoms with Crippen LogP contribution >= 0.6 is 34.2 Å². The van der Waals surface area contributed by atoms with Crippen LogP contribution in [0.1, 0.15) is 5.69 Å². The van der Waals surface area contributed by atoms with Crippen molar-refractivity contribution in [3.05, 3.63) is 38.3 Å².